The quantitative estimate of drug-likeness (QED) is 0.704. The normalized spacial score (nSPS) is 26.1. The molecule has 0 radical (unpaired) electrons. The number of carbonyl (C=O) groups excluding carboxylic acids is 2. The van der Waals surface area contributed by atoms with Crippen LogP contribution >= 0.6 is 0 Å². The molecule has 32 heavy (non-hydrogen) atoms. The average molecular weight is 440 g/mol. The van der Waals surface area contributed by atoms with Crippen LogP contribution in [0, 0.1) is 6.92 Å². The number of hydrogen-bond donors (Lipinski definition) is 1. The van der Waals surface area contributed by atoms with Gasteiger partial charge in [0.05, 0.1) is 12.1 Å². The summed E-state index contributed by atoms with van der Waals surface area (Å²) in [6, 6.07) is 4.19. The molecule has 2 aromatic rings. The standard InChI is InChI=1S/C26H37N3O3/c1-18-15-21-23(32-18)16-22-24(30)29(20-13-9-6-10-14-20)26(2,17-28(21)22)25(31)27-19-11-7-4-3-5-8-12-19/h15-16,19-20H,3-14,17H2,1-2H3,(H,27,31)/t26-/m0/s1. The summed E-state index contributed by atoms with van der Waals surface area (Å²) in [5, 5.41) is 3.39. The summed E-state index contributed by atoms with van der Waals surface area (Å²) in [7, 11) is 0. The van der Waals surface area contributed by atoms with Gasteiger partial charge in [-0.25, -0.2) is 0 Å². The van der Waals surface area contributed by atoms with E-state index in [-0.39, 0.29) is 23.9 Å². The number of rotatable bonds is 3. The van der Waals surface area contributed by atoms with E-state index in [1.807, 2.05) is 35.4 Å². The lowest BCUT2D eigenvalue weighted by molar-refractivity contribution is -0.135. The number of nitrogens with one attached hydrogen (secondary N) is 1. The Balaban J connectivity index is 1.50. The minimum atomic E-state index is -0.897. The molecule has 1 N–H and O–H groups in total. The van der Waals surface area contributed by atoms with Crippen molar-refractivity contribution in [2.45, 2.75) is 115 Å². The van der Waals surface area contributed by atoms with Crippen LogP contribution in [0.5, 0.6) is 0 Å². The molecule has 1 aliphatic heterocycles. The number of aromatic nitrogens is 1. The fourth-order valence-corrected chi connectivity index (χ4v) is 6.27. The van der Waals surface area contributed by atoms with Gasteiger partial charge in [-0.2, -0.15) is 0 Å². The van der Waals surface area contributed by atoms with Gasteiger partial charge in [0.1, 0.15) is 17.0 Å². The fourth-order valence-electron chi connectivity index (χ4n) is 6.27. The van der Waals surface area contributed by atoms with Gasteiger partial charge in [0.2, 0.25) is 5.91 Å². The van der Waals surface area contributed by atoms with E-state index in [1.54, 1.807) is 0 Å². The van der Waals surface area contributed by atoms with E-state index in [0.717, 1.165) is 55.4 Å². The van der Waals surface area contributed by atoms with E-state index in [1.165, 1.54) is 38.5 Å². The van der Waals surface area contributed by atoms with Gasteiger partial charge < -0.3 is 19.2 Å². The number of amides is 2. The third-order valence-electron chi connectivity index (χ3n) is 8.02. The van der Waals surface area contributed by atoms with E-state index in [9.17, 15) is 9.59 Å². The summed E-state index contributed by atoms with van der Waals surface area (Å²) in [4.78, 5) is 29.7. The SMILES string of the molecule is Cc1cc2c(cc3n2C[C@@](C)(C(=O)NC2CCCCCCC2)N(C2CCCCC2)C3=O)o1. The second kappa shape index (κ2) is 8.60. The van der Waals surface area contributed by atoms with Crippen LogP contribution < -0.4 is 5.32 Å². The molecule has 0 saturated heterocycles. The van der Waals surface area contributed by atoms with Crippen molar-refractivity contribution >= 4 is 22.9 Å². The predicted molar refractivity (Wildman–Crippen MR) is 125 cm³/mol. The summed E-state index contributed by atoms with van der Waals surface area (Å²) in [5.74, 6) is 0.811. The van der Waals surface area contributed by atoms with Crippen molar-refractivity contribution in [1.29, 1.82) is 0 Å². The lowest BCUT2D eigenvalue weighted by Crippen LogP contribution is -2.67. The van der Waals surface area contributed by atoms with Gasteiger partial charge in [-0.1, -0.05) is 51.4 Å². The van der Waals surface area contributed by atoms with Gasteiger partial charge in [0, 0.05) is 24.2 Å². The molecule has 0 bridgehead atoms. The summed E-state index contributed by atoms with van der Waals surface area (Å²) in [6.07, 6.45) is 13.6. The van der Waals surface area contributed by atoms with Crippen LogP contribution in [-0.4, -0.2) is 38.9 Å². The zero-order valence-electron chi connectivity index (χ0n) is 19.6. The highest BCUT2D eigenvalue weighted by Gasteiger charge is 2.51. The molecule has 3 heterocycles. The molecule has 2 aromatic heterocycles. The Labute approximate surface area is 190 Å². The van der Waals surface area contributed by atoms with E-state index in [2.05, 4.69) is 5.32 Å². The van der Waals surface area contributed by atoms with Gasteiger partial charge in [-0.3, -0.25) is 9.59 Å². The zero-order chi connectivity index (χ0) is 22.3. The van der Waals surface area contributed by atoms with Crippen molar-refractivity contribution in [3.8, 4) is 0 Å². The topological polar surface area (TPSA) is 67.5 Å². The highest BCUT2D eigenvalue weighted by atomic mass is 16.3. The third kappa shape index (κ3) is 3.75. The third-order valence-corrected chi connectivity index (χ3v) is 8.02. The Kier molecular flexibility index (Phi) is 5.81. The van der Waals surface area contributed by atoms with Crippen LogP contribution in [0.4, 0.5) is 0 Å². The zero-order valence-corrected chi connectivity index (χ0v) is 19.6. The maximum absolute atomic E-state index is 13.9. The summed E-state index contributed by atoms with van der Waals surface area (Å²) in [5.41, 5.74) is 1.41. The molecule has 2 amide bonds. The van der Waals surface area contributed by atoms with Crippen LogP contribution in [0.25, 0.3) is 11.1 Å². The molecule has 6 nitrogen and oxygen atoms in total. The molecule has 2 saturated carbocycles. The highest BCUT2D eigenvalue weighted by molar-refractivity contribution is 6.03. The average Bonchev–Trinajstić information content (AvgIpc) is 3.27. The number of aryl methyl sites for hydroxylation is 1. The number of hydrogen-bond acceptors (Lipinski definition) is 3. The Hall–Kier alpha value is -2.24. The first kappa shape index (κ1) is 21.6. The molecule has 174 valence electrons. The summed E-state index contributed by atoms with van der Waals surface area (Å²) in [6.45, 7) is 4.39. The maximum atomic E-state index is 13.9. The molecule has 0 unspecified atom stereocenters. The molecule has 0 spiro atoms. The maximum Gasteiger partial charge on any atom is 0.271 e. The van der Waals surface area contributed by atoms with Crippen LogP contribution in [0.1, 0.15) is 100 Å². The van der Waals surface area contributed by atoms with Crippen molar-refractivity contribution in [3.05, 3.63) is 23.6 Å². The smallest absolute Gasteiger partial charge is 0.271 e. The van der Waals surface area contributed by atoms with E-state index >= 15 is 0 Å². The molecule has 0 aromatic carbocycles. The van der Waals surface area contributed by atoms with Crippen molar-refractivity contribution in [3.63, 3.8) is 0 Å². The summed E-state index contributed by atoms with van der Waals surface area (Å²) < 4.78 is 7.85. The monoisotopic (exact) mass is 439 g/mol. The van der Waals surface area contributed by atoms with Gasteiger partial charge in [-0.05, 0) is 39.5 Å². The predicted octanol–water partition coefficient (Wildman–Crippen LogP) is 5.32. The Morgan fingerprint density at radius 3 is 2.34 bits per heavy atom. The minimum absolute atomic E-state index is 0.00899. The molecule has 3 aliphatic rings. The second-order valence-electron chi connectivity index (χ2n) is 10.5. The lowest BCUT2D eigenvalue weighted by Gasteiger charge is -2.49. The first-order chi connectivity index (χ1) is 15.5. The lowest BCUT2D eigenvalue weighted by atomic mass is 9.86. The molecule has 2 fully saturated rings. The Bertz CT molecular complexity index is 992. The number of carbonyl (C=O) groups is 2. The Morgan fingerprint density at radius 1 is 1.00 bits per heavy atom. The van der Waals surface area contributed by atoms with Gasteiger partial charge in [-0.15, -0.1) is 0 Å². The highest BCUT2D eigenvalue weighted by Crippen LogP contribution is 2.38. The second-order valence-corrected chi connectivity index (χ2v) is 10.5. The van der Waals surface area contributed by atoms with E-state index in [0.29, 0.717) is 12.2 Å². The van der Waals surface area contributed by atoms with Crippen molar-refractivity contribution in [2.75, 3.05) is 0 Å². The molecular formula is C26H37N3O3. The fraction of sp³-hybridized carbons (Fsp3) is 0.692. The first-order valence-corrected chi connectivity index (χ1v) is 12.7. The van der Waals surface area contributed by atoms with Gasteiger partial charge >= 0.3 is 0 Å². The van der Waals surface area contributed by atoms with Crippen molar-refractivity contribution in [1.82, 2.24) is 14.8 Å². The Morgan fingerprint density at radius 2 is 1.62 bits per heavy atom. The van der Waals surface area contributed by atoms with Crippen LogP contribution in [0.15, 0.2) is 16.5 Å². The van der Waals surface area contributed by atoms with Crippen molar-refractivity contribution < 1.29 is 14.0 Å². The molecule has 2 aliphatic carbocycles. The van der Waals surface area contributed by atoms with Crippen LogP contribution in [0.3, 0.4) is 0 Å². The molecule has 5 rings (SSSR count). The number of fused-ring (bicyclic) bond motifs is 3. The number of nitrogens with zero attached hydrogens (tertiary/aromatic N) is 2. The number of furan rings is 1. The van der Waals surface area contributed by atoms with Crippen molar-refractivity contribution in [2.24, 2.45) is 0 Å². The van der Waals surface area contributed by atoms with Crippen LogP contribution in [-0.2, 0) is 11.3 Å². The van der Waals surface area contributed by atoms with Gasteiger partial charge in [0.15, 0.2) is 5.58 Å². The minimum Gasteiger partial charge on any atom is -0.460 e. The first-order valence-electron chi connectivity index (χ1n) is 12.7. The summed E-state index contributed by atoms with van der Waals surface area (Å²) >= 11 is 0. The largest absolute Gasteiger partial charge is 0.460 e. The molecule has 6 heteroatoms. The molecule has 1 atom stereocenters. The van der Waals surface area contributed by atoms with E-state index < -0.39 is 5.54 Å². The van der Waals surface area contributed by atoms with Gasteiger partial charge in [0.25, 0.3) is 5.91 Å². The molecular weight excluding hydrogens is 402 g/mol. The van der Waals surface area contributed by atoms with E-state index in [4.69, 9.17) is 4.42 Å². The van der Waals surface area contributed by atoms with Crippen LogP contribution in [0.2, 0.25) is 0 Å².